The molecule has 0 atom stereocenters. The predicted molar refractivity (Wildman–Crippen MR) is 85.6 cm³/mol. The van der Waals surface area contributed by atoms with Crippen LogP contribution in [0.5, 0.6) is 0 Å². The van der Waals surface area contributed by atoms with Crippen LogP contribution in [-0.4, -0.2) is 22.9 Å². The number of nitro groups is 1. The molecule has 0 spiro atoms. The Labute approximate surface area is 131 Å². The molecule has 1 amide bonds. The quantitative estimate of drug-likeness (QED) is 0.442. The summed E-state index contributed by atoms with van der Waals surface area (Å²) in [5.74, 6) is -0.251. The van der Waals surface area contributed by atoms with Gasteiger partial charge in [-0.3, -0.25) is 14.9 Å². The van der Waals surface area contributed by atoms with Crippen molar-refractivity contribution in [3.63, 3.8) is 0 Å². The molecule has 1 rings (SSSR count). The average molecular weight is 391 g/mol. The standard InChI is InChI=1S/C13H18IN3O3/c1-3-13(4-2,8-15)16-12(18)10-6-5-9(17(19)20)7-11(10)14/h5-7H,3-4,8,15H2,1-2H3,(H,16,18). The SMILES string of the molecule is CCC(CC)(CN)NC(=O)c1ccc([N+](=O)[O-])cc1I. The van der Waals surface area contributed by atoms with Gasteiger partial charge in [-0.2, -0.15) is 0 Å². The second kappa shape index (κ2) is 6.98. The highest BCUT2D eigenvalue weighted by molar-refractivity contribution is 14.1. The third-order valence-electron chi connectivity index (χ3n) is 3.53. The van der Waals surface area contributed by atoms with Crippen molar-refractivity contribution >= 4 is 34.2 Å². The number of benzene rings is 1. The van der Waals surface area contributed by atoms with Crippen LogP contribution in [0.25, 0.3) is 0 Å². The number of nitrogens with two attached hydrogens (primary N) is 1. The molecule has 110 valence electrons. The minimum absolute atomic E-state index is 0.0259. The second-order valence-corrected chi connectivity index (χ2v) is 5.73. The second-order valence-electron chi connectivity index (χ2n) is 4.57. The number of hydrogen-bond donors (Lipinski definition) is 2. The molecule has 0 aliphatic heterocycles. The third-order valence-corrected chi connectivity index (χ3v) is 4.42. The van der Waals surface area contributed by atoms with Crippen molar-refractivity contribution < 1.29 is 9.72 Å². The molecule has 3 N–H and O–H groups in total. The van der Waals surface area contributed by atoms with E-state index in [0.717, 1.165) is 12.8 Å². The van der Waals surface area contributed by atoms with Crippen LogP contribution in [0.15, 0.2) is 18.2 Å². The van der Waals surface area contributed by atoms with E-state index >= 15 is 0 Å². The first kappa shape index (κ1) is 16.8. The number of amides is 1. The summed E-state index contributed by atoms with van der Waals surface area (Å²) in [4.78, 5) is 22.5. The highest BCUT2D eigenvalue weighted by Crippen LogP contribution is 2.21. The van der Waals surface area contributed by atoms with Gasteiger partial charge in [0.15, 0.2) is 0 Å². The number of nitrogens with one attached hydrogen (secondary N) is 1. The van der Waals surface area contributed by atoms with Gasteiger partial charge in [0.2, 0.25) is 0 Å². The molecule has 0 aromatic heterocycles. The Balaban J connectivity index is 3.01. The lowest BCUT2D eigenvalue weighted by Crippen LogP contribution is -2.53. The highest BCUT2D eigenvalue weighted by atomic mass is 127. The van der Waals surface area contributed by atoms with Crippen LogP contribution in [0, 0.1) is 13.7 Å². The van der Waals surface area contributed by atoms with Crippen molar-refractivity contribution in [1.82, 2.24) is 5.32 Å². The van der Waals surface area contributed by atoms with Gasteiger partial charge in [0.05, 0.1) is 16.0 Å². The van der Waals surface area contributed by atoms with E-state index in [0.29, 0.717) is 15.7 Å². The van der Waals surface area contributed by atoms with Crippen LogP contribution in [-0.2, 0) is 0 Å². The fraction of sp³-hybridized carbons (Fsp3) is 0.462. The van der Waals surface area contributed by atoms with Crippen molar-refractivity contribution in [1.29, 1.82) is 0 Å². The van der Waals surface area contributed by atoms with Crippen molar-refractivity contribution in [2.45, 2.75) is 32.2 Å². The molecular formula is C13H18IN3O3. The van der Waals surface area contributed by atoms with Crippen LogP contribution < -0.4 is 11.1 Å². The summed E-state index contributed by atoms with van der Waals surface area (Å²) in [5.41, 5.74) is 5.72. The summed E-state index contributed by atoms with van der Waals surface area (Å²) >= 11 is 1.93. The predicted octanol–water partition coefficient (Wildman–Crippen LogP) is 2.45. The molecule has 1 aromatic rings. The Kier molecular flexibility index (Phi) is 5.88. The topological polar surface area (TPSA) is 98.3 Å². The molecular weight excluding hydrogens is 373 g/mol. The fourth-order valence-corrected chi connectivity index (χ4v) is 2.62. The first-order chi connectivity index (χ1) is 9.39. The Morgan fingerprint density at radius 3 is 2.45 bits per heavy atom. The van der Waals surface area contributed by atoms with E-state index in [-0.39, 0.29) is 11.6 Å². The molecule has 0 fully saturated rings. The molecule has 7 heteroatoms. The minimum atomic E-state index is -0.480. The first-order valence-corrected chi connectivity index (χ1v) is 7.43. The molecule has 0 unspecified atom stereocenters. The molecule has 0 aliphatic carbocycles. The summed E-state index contributed by atoms with van der Waals surface area (Å²) < 4.78 is 0.549. The number of halogens is 1. The molecule has 6 nitrogen and oxygen atoms in total. The van der Waals surface area contributed by atoms with Crippen LogP contribution in [0.3, 0.4) is 0 Å². The normalized spacial score (nSPS) is 11.2. The van der Waals surface area contributed by atoms with E-state index in [2.05, 4.69) is 5.32 Å². The Hall–Kier alpha value is -1.22. The summed E-state index contributed by atoms with van der Waals surface area (Å²) in [6.07, 6.45) is 1.46. The summed E-state index contributed by atoms with van der Waals surface area (Å²) in [7, 11) is 0. The number of rotatable bonds is 6. The van der Waals surface area contributed by atoms with E-state index in [1.165, 1.54) is 18.2 Å². The zero-order chi connectivity index (χ0) is 15.3. The van der Waals surface area contributed by atoms with Gasteiger partial charge in [-0.05, 0) is 41.5 Å². The maximum atomic E-state index is 12.3. The van der Waals surface area contributed by atoms with Gasteiger partial charge in [-0.15, -0.1) is 0 Å². The number of nitrogens with zero attached hydrogens (tertiary/aromatic N) is 1. The smallest absolute Gasteiger partial charge is 0.270 e. The Morgan fingerprint density at radius 2 is 2.05 bits per heavy atom. The van der Waals surface area contributed by atoms with Gasteiger partial charge in [0.25, 0.3) is 11.6 Å². The lowest BCUT2D eigenvalue weighted by Gasteiger charge is -2.31. The van der Waals surface area contributed by atoms with Gasteiger partial charge in [-0.25, -0.2) is 0 Å². The number of carbonyl (C=O) groups is 1. The number of hydrogen-bond acceptors (Lipinski definition) is 4. The number of non-ortho nitro benzene ring substituents is 1. The van der Waals surface area contributed by atoms with Crippen LogP contribution in [0.2, 0.25) is 0 Å². The molecule has 0 heterocycles. The molecule has 20 heavy (non-hydrogen) atoms. The van der Waals surface area contributed by atoms with Crippen molar-refractivity contribution in [3.8, 4) is 0 Å². The number of carbonyl (C=O) groups excluding carboxylic acids is 1. The zero-order valence-electron chi connectivity index (χ0n) is 11.5. The Bertz CT molecular complexity index is 507. The van der Waals surface area contributed by atoms with Gasteiger partial charge in [-0.1, -0.05) is 13.8 Å². The molecule has 0 bridgehead atoms. The monoisotopic (exact) mass is 391 g/mol. The first-order valence-electron chi connectivity index (χ1n) is 6.35. The van der Waals surface area contributed by atoms with Crippen molar-refractivity contribution in [3.05, 3.63) is 37.4 Å². The van der Waals surface area contributed by atoms with E-state index < -0.39 is 10.5 Å². The number of nitro benzene ring substituents is 1. The van der Waals surface area contributed by atoms with E-state index in [4.69, 9.17) is 5.73 Å². The summed E-state index contributed by atoms with van der Waals surface area (Å²) in [6.45, 7) is 4.30. The van der Waals surface area contributed by atoms with Crippen molar-refractivity contribution in [2.24, 2.45) is 5.73 Å². The zero-order valence-corrected chi connectivity index (χ0v) is 13.6. The van der Waals surface area contributed by atoms with Crippen molar-refractivity contribution in [2.75, 3.05) is 6.54 Å². The van der Waals surface area contributed by atoms with Gasteiger partial charge >= 0.3 is 0 Å². The minimum Gasteiger partial charge on any atom is -0.345 e. The Morgan fingerprint density at radius 1 is 1.45 bits per heavy atom. The fourth-order valence-electron chi connectivity index (χ4n) is 1.88. The molecule has 1 aromatic carbocycles. The van der Waals surface area contributed by atoms with Crippen LogP contribution in [0.4, 0.5) is 5.69 Å². The largest absolute Gasteiger partial charge is 0.345 e. The van der Waals surface area contributed by atoms with Gasteiger partial charge in [0, 0.05) is 22.2 Å². The maximum absolute atomic E-state index is 12.3. The third kappa shape index (κ3) is 3.66. The van der Waals surface area contributed by atoms with E-state index in [1.807, 2.05) is 36.4 Å². The molecule has 0 radical (unpaired) electrons. The molecule has 0 saturated carbocycles. The van der Waals surface area contributed by atoms with Gasteiger partial charge in [0.1, 0.15) is 0 Å². The van der Waals surface area contributed by atoms with E-state index in [1.54, 1.807) is 0 Å². The lowest BCUT2D eigenvalue weighted by atomic mass is 9.92. The van der Waals surface area contributed by atoms with Crippen LogP contribution >= 0.6 is 22.6 Å². The average Bonchev–Trinajstić information content (AvgIpc) is 2.44. The van der Waals surface area contributed by atoms with Gasteiger partial charge < -0.3 is 11.1 Å². The summed E-state index contributed by atoms with van der Waals surface area (Å²) in [5, 5.41) is 13.6. The lowest BCUT2D eigenvalue weighted by molar-refractivity contribution is -0.384. The maximum Gasteiger partial charge on any atom is 0.270 e. The van der Waals surface area contributed by atoms with Crippen LogP contribution in [0.1, 0.15) is 37.0 Å². The van der Waals surface area contributed by atoms with E-state index in [9.17, 15) is 14.9 Å². The highest BCUT2D eigenvalue weighted by Gasteiger charge is 2.27. The molecule has 0 aliphatic rings. The molecule has 0 saturated heterocycles. The summed E-state index contributed by atoms with van der Waals surface area (Å²) in [6, 6.07) is 4.19.